The number of unbranched alkanes of at least 4 members (excludes halogenated alkanes) is 3. The predicted molar refractivity (Wildman–Crippen MR) is 110 cm³/mol. The van der Waals surface area contributed by atoms with Gasteiger partial charge in [0.1, 0.15) is 0 Å². The molecular weight excluding hydrogens is 324 g/mol. The quantitative estimate of drug-likeness (QED) is 0.294. The van der Waals surface area contributed by atoms with Gasteiger partial charge in [0.2, 0.25) is 11.8 Å². The summed E-state index contributed by atoms with van der Waals surface area (Å²) >= 11 is 0. The maximum absolute atomic E-state index is 12.6. The average Bonchev–Trinajstić information content (AvgIpc) is 2.57. The van der Waals surface area contributed by atoms with E-state index in [2.05, 4.69) is 26.3 Å². The number of carbonyl (C=O) groups excluding carboxylic acids is 2. The SMILES string of the molecule is C=CCC(CC=C)(CCCCCCC(N)=O)C(CC=C)(CC=C)C(N)=O. The first kappa shape index (κ1) is 23.9. The Bertz CT molecular complexity index is 488. The lowest BCUT2D eigenvalue weighted by atomic mass is 9.54. The molecule has 0 aromatic rings. The lowest BCUT2D eigenvalue weighted by molar-refractivity contribution is -0.137. The van der Waals surface area contributed by atoms with Crippen LogP contribution in [0.5, 0.6) is 0 Å². The number of rotatable bonds is 17. The van der Waals surface area contributed by atoms with Crippen LogP contribution in [0.4, 0.5) is 0 Å². The number of nitrogens with two attached hydrogens (primary N) is 2. The molecule has 0 aliphatic rings. The molecule has 0 spiro atoms. The molecule has 0 saturated carbocycles. The maximum atomic E-state index is 12.6. The van der Waals surface area contributed by atoms with E-state index in [0.29, 0.717) is 32.1 Å². The number of allylic oxidation sites excluding steroid dienone is 4. The van der Waals surface area contributed by atoms with Gasteiger partial charge in [-0.05, 0) is 43.9 Å². The lowest BCUT2D eigenvalue weighted by Crippen LogP contribution is -2.50. The molecule has 0 unspecified atom stereocenters. The van der Waals surface area contributed by atoms with Crippen LogP contribution in [0.3, 0.4) is 0 Å². The van der Waals surface area contributed by atoms with Crippen molar-refractivity contribution in [3.05, 3.63) is 50.6 Å². The Morgan fingerprint density at radius 3 is 1.58 bits per heavy atom. The van der Waals surface area contributed by atoms with Crippen LogP contribution >= 0.6 is 0 Å². The fourth-order valence-corrected chi connectivity index (χ4v) is 4.06. The minimum Gasteiger partial charge on any atom is -0.370 e. The highest BCUT2D eigenvalue weighted by atomic mass is 16.1. The molecule has 4 nitrogen and oxygen atoms in total. The third kappa shape index (κ3) is 6.32. The fourth-order valence-electron chi connectivity index (χ4n) is 4.06. The molecule has 0 heterocycles. The average molecular weight is 361 g/mol. The van der Waals surface area contributed by atoms with Crippen molar-refractivity contribution in [1.29, 1.82) is 0 Å². The van der Waals surface area contributed by atoms with Crippen LogP contribution in [0.15, 0.2) is 50.6 Å². The molecule has 0 saturated heterocycles. The van der Waals surface area contributed by atoms with Crippen LogP contribution in [0.1, 0.15) is 64.2 Å². The minimum atomic E-state index is -0.758. The fraction of sp³-hybridized carbons (Fsp3) is 0.545. The molecule has 0 radical (unpaired) electrons. The molecule has 0 aliphatic heterocycles. The molecule has 0 aromatic carbocycles. The smallest absolute Gasteiger partial charge is 0.224 e. The lowest BCUT2D eigenvalue weighted by Gasteiger charge is -2.48. The van der Waals surface area contributed by atoms with Gasteiger partial charge in [0.25, 0.3) is 0 Å². The van der Waals surface area contributed by atoms with E-state index in [9.17, 15) is 9.59 Å². The van der Waals surface area contributed by atoms with Gasteiger partial charge in [-0.2, -0.15) is 0 Å². The van der Waals surface area contributed by atoms with E-state index in [0.717, 1.165) is 32.1 Å². The molecule has 4 heteroatoms. The van der Waals surface area contributed by atoms with Crippen molar-refractivity contribution in [1.82, 2.24) is 0 Å². The van der Waals surface area contributed by atoms with Gasteiger partial charge in [0.05, 0.1) is 5.41 Å². The van der Waals surface area contributed by atoms with Crippen molar-refractivity contribution >= 4 is 11.8 Å². The Labute approximate surface area is 159 Å². The Morgan fingerprint density at radius 1 is 0.731 bits per heavy atom. The Kier molecular flexibility index (Phi) is 11.3. The van der Waals surface area contributed by atoms with E-state index in [-0.39, 0.29) is 17.2 Å². The zero-order valence-corrected chi connectivity index (χ0v) is 16.2. The maximum Gasteiger partial charge on any atom is 0.224 e. The molecule has 0 rings (SSSR count). The number of hydrogen-bond donors (Lipinski definition) is 2. The van der Waals surface area contributed by atoms with Crippen LogP contribution in [0.2, 0.25) is 0 Å². The summed E-state index contributed by atoms with van der Waals surface area (Å²) < 4.78 is 0. The topological polar surface area (TPSA) is 86.2 Å². The summed E-state index contributed by atoms with van der Waals surface area (Å²) in [5, 5.41) is 0. The molecule has 0 atom stereocenters. The molecule has 0 fully saturated rings. The number of amides is 2. The van der Waals surface area contributed by atoms with Crippen molar-refractivity contribution in [3.8, 4) is 0 Å². The second-order valence-electron chi connectivity index (χ2n) is 7.08. The number of hydrogen-bond acceptors (Lipinski definition) is 2. The Balaban J connectivity index is 5.53. The molecule has 0 aliphatic carbocycles. The second-order valence-corrected chi connectivity index (χ2v) is 7.08. The van der Waals surface area contributed by atoms with Crippen molar-refractivity contribution < 1.29 is 9.59 Å². The molecular formula is C22H36N2O2. The van der Waals surface area contributed by atoms with Crippen LogP contribution in [-0.4, -0.2) is 11.8 Å². The summed E-state index contributed by atoms with van der Waals surface area (Å²) in [7, 11) is 0. The summed E-state index contributed by atoms with van der Waals surface area (Å²) in [6, 6.07) is 0. The van der Waals surface area contributed by atoms with Crippen LogP contribution in [-0.2, 0) is 9.59 Å². The largest absolute Gasteiger partial charge is 0.370 e. The van der Waals surface area contributed by atoms with E-state index in [1.807, 2.05) is 12.2 Å². The monoisotopic (exact) mass is 360 g/mol. The van der Waals surface area contributed by atoms with Gasteiger partial charge >= 0.3 is 0 Å². The molecule has 26 heavy (non-hydrogen) atoms. The molecule has 2 amide bonds. The van der Waals surface area contributed by atoms with Gasteiger partial charge in [-0.3, -0.25) is 9.59 Å². The number of primary amides is 2. The summed E-state index contributed by atoms with van der Waals surface area (Å²) in [5.41, 5.74) is 9.98. The van der Waals surface area contributed by atoms with Gasteiger partial charge in [-0.25, -0.2) is 0 Å². The molecule has 146 valence electrons. The summed E-state index contributed by atoms with van der Waals surface area (Å²) in [6.07, 6.45) is 14.5. The van der Waals surface area contributed by atoms with E-state index in [1.165, 1.54) is 0 Å². The van der Waals surface area contributed by atoms with Crippen molar-refractivity contribution in [2.24, 2.45) is 22.3 Å². The van der Waals surface area contributed by atoms with Crippen molar-refractivity contribution in [3.63, 3.8) is 0 Å². The highest BCUT2D eigenvalue weighted by molar-refractivity contribution is 5.82. The summed E-state index contributed by atoms with van der Waals surface area (Å²) in [6.45, 7) is 15.5. The van der Waals surface area contributed by atoms with Gasteiger partial charge < -0.3 is 11.5 Å². The minimum absolute atomic E-state index is 0.262. The highest BCUT2D eigenvalue weighted by Crippen LogP contribution is 2.54. The van der Waals surface area contributed by atoms with E-state index in [1.54, 1.807) is 12.2 Å². The predicted octanol–water partition coefficient (Wildman–Crippen LogP) is 4.57. The normalized spacial score (nSPS) is 11.5. The van der Waals surface area contributed by atoms with E-state index < -0.39 is 5.41 Å². The first-order valence-electron chi connectivity index (χ1n) is 9.37. The first-order valence-corrected chi connectivity index (χ1v) is 9.37. The van der Waals surface area contributed by atoms with E-state index >= 15 is 0 Å². The molecule has 4 N–H and O–H groups in total. The van der Waals surface area contributed by atoms with Gasteiger partial charge in [-0.1, -0.05) is 43.6 Å². The Hall–Kier alpha value is -2.10. The molecule has 0 aromatic heterocycles. The van der Waals surface area contributed by atoms with Crippen LogP contribution < -0.4 is 11.5 Å². The highest BCUT2D eigenvalue weighted by Gasteiger charge is 2.51. The van der Waals surface area contributed by atoms with Gasteiger partial charge in [-0.15, -0.1) is 26.3 Å². The van der Waals surface area contributed by atoms with Gasteiger partial charge in [0, 0.05) is 6.42 Å². The first-order chi connectivity index (χ1) is 12.4. The van der Waals surface area contributed by atoms with Crippen molar-refractivity contribution in [2.45, 2.75) is 64.2 Å². The zero-order valence-electron chi connectivity index (χ0n) is 16.2. The van der Waals surface area contributed by atoms with Crippen LogP contribution in [0, 0.1) is 10.8 Å². The third-order valence-electron chi connectivity index (χ3n) is 5.37. The Morgan fingerprint density at radius 2 is 1.19 bits per heavy atom. The second kappa shape index (κ2) is 12.3. The summed E-state index contributed by atoms with van der Waals surface area (Å²) in [4.78, 5) is 23.5. The number of carbonyl (C=O) groups is 2. The van der Waals surface area contributed by atoms with Crippen LogP contribution in [0.25, 0.3) is 0 Å². The zero-order chi connectivity index (χ0) is 20.1. The van der Waals surface area contributed by atoms with E-state index in [4.69, 9.17) is 11.5 Å². The van der Waals surface area contributed by atoms with Crippen molar-refractivity contribution in [2.75, 3.05) is 0 Å². The van der Waals surface area contributed by atoms with Gasteiger partial charge in [0.15, 0.2) is 0 Å². The third-order valence-corrected chi connectivity index (χ3v) is 5.37. The standard InChI is InChI=1S/C22H36N2O2/c1-5-14-21(15-6-2,18-12-10-9-11-13-19(23)25)22(16-7-3,17-8-4)20(24)26/h5-8H,1-4,9-18H2,(H2,23,25)(H2,24,26). The summed E-state index contributed by atoms with van der Waals surface area (Å²) in [5.74, 6) is -0.586. The molecule has 0 bridgehead atoms.